The molecule has 0 bridgehead atoms. The highest BCUT2D eigenvalue weighted by Crippen LogP contribution is 2.32. The minimum Gasteiger partial charge on any atom is -0.373 e. The van der Waals surface area contributed by atoms with Crippen LogP contribution < -0.4 is 21.3 Å². The van der Waals surface area contributed by atoms with Crippen LogP contribution in [0.4, 0.5) is 10.1 Å². The molecular weight excluding hydrogens is 405 g/mol. The fourth-order valence-electron chi connectivity index (χ4n) is 5.89. The van der Waals surface area contributed by atoms with Crippen molar-refractivity contribution in [3.8, 4) is 0 Å². The van der Waals surface area contributed by atoms with Crippen LogP contribution in [0.15, 0.2) is 12.1 Å². The lowest BCUT2D eigenvalue weighted by Crippen LogP contribution is -2.58. The van der Waals surface area contributed by atoms with E-state index >= 15 is 0 Å². The monoisotopic (exact) mass is 443 g/mol. The quantitative estimate of drug-likeness (QED) is 0.521. The van der Waals surface area contributed by atoms with Crippen LogP contribution in [-0.4, -0.2) is 61.3 Å². The van der Waals surface area contributed by atoms with Gasteiger partial charge < -0.3 is 21.3 Å². The molecule has 1 saturated carbocycles. The number of carbonyl (C=O) groups is 1. The number of aryl methyl sites for hydroxylation is 1. The van der Waals surface area contributed by atoms with E-state index in [9.17, 15) is 9.18 Å². The molecule has 7 heteroatoms. The smallest absolute Gasteiger partial charge is 0.243 e. The van der Waals surface area contributed by atoms with Gasteiger partial charge in [-0.25, -0.2) is 4.39 Å². The van der Waals surface area contributed by atoms with Gasteiger partial charge in [-0.2, -0.15) is 0 Å². The van der Waals surface area contributed by atoms with Gasteiger partial charge in [-0.3, -0.25) is 9.69 Å². The maximum Gasteiger partial charge on any atom is 0.243 e. The molecule has 5 unspecified atom stereocenters. The van der Waals surface area contributed by atoms with Gasteiger partial charge in [0.2, 0.25) is 5.91 Å². The van der Waals surface area contributed by atoms with Gasteiger partial charge >= 0.3 is 0 Å². The second kappa shape index (κ2) is 9.27. The van der Waals surface area contributed by atoms with E-state index < -0.39 is 6.04 Å². The first-order chi connectivity index (χ1) is 15.5. The summed E-state index contributed by atoms with van der Waals surface area (Å²) in [5.41, 5.74) is 2.42. The lowest BCUT2D eigenvalue weighted by atomic mass is 9.85. The number of nitrogens with zero attached hydrogens (tertiary/aromatic N) is 1. The van der Waals surface area contributed by atoms with Crippen molar-refractivity contribution in [1.29, 1.82) is 0 Å². The Kier molecular flexibility index (Phi) is 6.41. The standard InChI is InChI=1S/C25H38FN5O/c1-15-4-3-9-27-24(15)21(10-18-13-31(14-28-18)12-17-6-7-17)30-25(32)22-11-19-20(26)8-5-16(2)23(19)29-22/h5,8,15,17-18,21-22,24,27-29H,3-4,6-7,9-14H2,1-2H3,(H,30,32). The molecule has 5 atom stereocenters. The zero-order valence-electron chi connectivity index (χ0n) is 19.4. The SMILES string of the molecule is Cc1ccc(F)c2c1NC(C(=O)NC(CC1CN(CC3CC3)CN1)C1NCCCC1C)C2. The van der Waals surface area contributed by atoms with Crippen molar-refractivity contribution in [3.63, 3.8) is 0 Å². The van der Waals surface area contributed by atoms with Gasteiger partial charge in [0.15, 0.2) is 0 Å². The number of amides is 1. The molecule has 3 heterocycles. The van der Waals surface area contributed by atoms with Crippen LogP contribution in [0.2, 0.25) is 0 Å². The van der Waals surface area contributed by atoms with Crippen LogP contribution in [0.1, 0.15) is 50.2 Å². The van der Waals surface area contributed by atoms with Crippen LogP contribution in [0.3, 0.4) is 0 Å². The second-order valence-corrected chi connectivity index (χ2v) is 10.6. The van der Waals surface area contributed by atoms with Gasteiger partial charge in [-0.15, -0.1) is 0 Å². The molecule has 4 N–H and O–H groups in total. The summed E-state index contributed by atoms with van der Waals surface area (Å²) in [5, 5.41) is 14.0. The minimum absolute atomic E-state index is 0.0163. The maximum absolute atomic E-state index is 14.3. The van der Waals surface area contributed by atoms with Crippen LogP contribution in [0.5, 0.6) is 0 Å². The van der Waals surface area contributed by atoms with Gasteiger partial charge in [0, 0.05) is 55.6 Å². The summed E-state index contributed by atoms with van der Waals surface area (Å²) >= 11 is 0. The summed E-state index contributed by atoms with van der Waals surface area (Å²) in [6.45, 7) is 8.47. The van der Waals surface area contributed by atoms with Gasteiger partial charge in [0.1, 0.15) is 11.9 Å². The normalized spacial score (nSPS) is 31.2. The summed E-state index contributed by atoms with van der Waals surface area (Å²) in [5.74, 6) is 1.17. The molecule has 5 rings (SSSR count). The third kappa shape index (κ3) is 4.80. The number of nitrogens with one attached hydrogen (secondary N) is 4. The summed E-state index contributed by atoms with van der Waals surface area (Å²) in [7, 11) is 0. The van der Waals surface area contributed by atoms with Gasteiger partial charge in [-0.1, -0.05) is 13.0 Å². The van der Waals surface area contributed by atoms with Crippen molar-refractivity contribution in [2.75, 3.05) is 31.6 Å². The van der Waals surface area contributed by atoms with E-state index in [1.807, 2.05) is 6.92 Å². The van der Waals surface area contributed by atoms with E-state index in [-0.39, 0.29) is 23.8 Å². The molecule has 32 heavy (non-hydrogen) atoms. The molecule has 3 fully saturated rings. The predicted molar refractivity (Wildman–Crippen MR) is 125 cm³/mol. The first-order valence-electron chi connectivity index (χ1n) is 12.5. The molecule has 1 aromatic carbocycles. The number of hydrogen-bond acceptors (Lipinski definition) is 5. The number of fused-ring (bicyclic) bond motifs is 1. The number of anilines is 1. The van der Waals surface area contributed by atoms with E-state index in [0.29, 0.717) is 23.9 Å². The van der Waals surface area contributed by atoms with Crippen LogP contribution >= 0.6 is 0 Å². The third-order valence-corrected chi connectivity index (χ3v) is 7.93. The molecule has 4 aliphatic rings. The van der Waals surface area contributed by atoms with Crippen LogP contribution in [0, 0.1) is 24.6 Å². The van der Waals surface area contributed by atoms with Crippen molar-refractivity contribution in [1.82, 2.24) is 20.9 Å². The molecular formula is C25H38FN5O. The van der Waals surface area contributed by atoms with Gasteiger partial charge in [-0.05, 0) is 69.0 Å². The first-order valence-corrected chi connectivity index (χ1v) is 12.5. The highest BCUT2D eigenvalue weighted by atomic mass is 19.1. The number of halogens is 1. The second-order valence-electron chi connectivity index (χ2n) is 10.6. The van der Waals surface area contributed by atoms with Gasteiger partial charge in [0.25, 0.3) is 0 Å². The lowest BCUT2D eigenvalue weighted by molar-refractivity contribution is -0.122. The number of benzene rings is 1. The van der Waals surface area contributed by atoms with E-state index in [0.717, 1.165) is 43.3 Å². The molecule has 3 aliphatic heterocycles. The summed E-state index contributed by atoms with van der Waals surface area (Å²) in [6.07, 6.45) is 6.45. The largest absolute Gasteiger partial charge is 0.373 e. The predicted octanol–water partition coefficient (Wildman–Crippen LogP) is 2.38. The molecule has 1 aliphatic carbocycles. The molecule has 0 spiro atoms. The average Bonchev–Trinajstić information content (AvgIpc) is 3.28. The Morgan fingerprint density at radius 1 is 1.28 bits per heavy atom. The average molecular weight is 444 g/mol. The van der Waals surface area contributed by atoms with Crippen LogP contribution in [0.25, 0.3) is 0 Å². The molecule has 1 amide bonds. The van der Waals surface area contributed by atoms with Crippen molar-refractivity contribution < 1.29 is 9.18 Å². The molecule has 6 nitrogen and oxygen atoms in total. The van der Waals surface area contributed by atoms with E-state index in [4.69, 9.17) is 0 Å². The Hall–Kier alpha value is -1.70. The maximum atomic E-state index is 14.3. The zero-order valence-corrected chi connectivity index (χ0v) is 19.4. The topological polar surface area (TPSA) is 68.4 Å². The third-order valence-electron chi connectivity index (χ3n) is 7.93. The first kappa shape index (κ1) is 22.1. The van der Waals surface area contributed by atoms with Crippen LogP contribution in [-0.2, 0) is 11.2 Å². The highest BCUT2D eigenvalue weighted by molar-refractivity contribution is 5.88. The molecule has 1 aromatic rings. The fourth-order valence-corrected chi connectivity index (χ4v) is 5.89. The Labute approximate surface area is 191 Å². The molecule has 176 valence electrons. The minimum atomic E-state index is -0.412. The zero-order chi connectivity index (χ0) is 22.2. The Morgan fingerprint density at radius 3 is 2.88 bits per heavy atom. The molecule has 0 radical (unpaired) electrons. The van der Waals surface area contributed by atoms with Crippen molar-refractivity contribution >= 4 is 11.6 Å². The number of piperidine rings is 1. The molecule has 0 aromatic heterocycles. The summed E-state index contributed by atoms with van der Waals surface area (Å²) in [4.78, 5) is 15.9. The summed E-state index contributed by atoms with van der Waals surface area (Å²) in [6, 6.07) is 3.60. The number of hydrogen-bond donors (Lipinski definition) is 4. The Bertz CT molecular complexity index is 813. The summed E-state index contributed by atoms with van der Waals surface area (Å²) < 4.78 is 14.3. The van der Waals surface area contributed by atoms with E-state index in [1.54, 1.807) is 6.07 Å². The highest BCUT2D eigenvalue weighted by Gasteiger charge is 2.37. The van der Waals surface area contributed by atoms with Crippen molar-refractivity contribution in [2.45, 2.75) is 76.5 Å². The Morgan fingerprint density at radius 2 is 2.12 bits per heavy atom. The Balaban J connectivity index is 1.25. The fraction of sp³-hybridized carbons (Fsp3) is 0.720. The van der Waals surface area contributed by atoms with E-state index in [2.05, 4.69) is 33.1 Å². The lowest BCUT2D eigenvalue weighted by Gasteiger charge is -2.38. The number of rotatable bonds is 7. The molecule has 2 saturated heterocycles. The van der Waals surface area contributed by atoms with Crippen molar-refractivity contribution in [3.05, 3.63) is 29.1 Å². The van der Waals surface area contributed by atoms with E-state index in [1.165, 1.54) is 38.3 Å². The van der Waals surface area contributed by atoms with Gasteiger partial charge in [0.05, 0.1) is 0 Å². The number of carbonyl (C=O) groups excluding carboxylic acids is 1. The van der Waals surface area contributed by atoms with Crippen molar-refractivity contribution in [2.24, 2.45) is 11.8 Å².